The van der Waals surface area contributed by atoms with Gasteiger partial charge in [-0.3, -0.25) is 0 Å². The second kappa shape index (κ2) is 7.73. The molecule has 0 aliphatic carbocycles. The van der Waals surface area contributed by atoms with Crippen molar-refractivity contribution in [1.29, 1.82) is 0 Å². The van der Waals surface area contributed by atoms with E-state index in [4.69, 9.17) is 0 Å². The molecule has 0 N–H and O–H groups in total. The van der Waals surface area contributed by atoms with Gasteiger partial charge in [-0.05, 0) is 36.7 Å². The number of likely N-dealkylation sites (N-methyl/N-ethyl adjacent to an activating group) is 1. The van der Waals surface area contributed by atoms with Gasteiger partial charge in [-0.25, -0.2) is 8.57 Å². The van der Waals surface area contributed by atoms with Crippen LogP contribution in [0.2, 0.25) is 0 Å². The zero-order valence-electron chi connectivity index (χ0n) is 12.6. The zero-order valence-corrected chi connectivity index (χ0v) is 14.2. The van der Waals surface area contributed by atoms with Gasteiger partial charge in [0, 0.05) is 11.9 Å². The van der Waals surface area contributed by atoms with Crippen LogP contribution in [0.4, 0.5) is 0 Å². The van der Waals surface area contributed by atoms with Crippen LogP contribution in [0, 0.1) is 0 Å². The Morgan fingerprint density at radius 2 is 1.81 bits per heavy atom. The van der Waals surface area contributed by atoms with Crippen LogP contribution in [0.3, 0.4) is 0 Å². The Morgan fingerprint density at radius 1 is 1.10 bits per heavy atom. The lowest BCUT2D eigenvalue weighted by Crippen LogP contribution is -2.26. The number of benzene rings is 1. The first kappa shape index (κ1) is 16.2. The monoisotopic (exact) mass is 322 g/mol. The summed E-state index contributed by atoms with van der Waals surface area (Å²) >= 11 is 1.56. The second-order valence-electron chi connectivity index (χ2n) is 4.68. The normalized spacial score (nSPS) is 14.0. The van der Waals surface area contributed by atoms with E-state index in [1.54, 1.807) is 11.3 Å². The molecular formula is C16H22N2OS2. The van der Waals surface area contributed by atoms with E-state index < -0.39 is 9.73 Å². The minimum Gasteiger partial charge on any atom is -0.302 e. The lowest BCUT2D eigenvalue weighted by Gasteiger charge is -2.17. The predicted octanol–water partition coefficient (Wildman–Crippen LogP) is 3.98. The van der Waals surface area contributed by atoms with E-state index in [1.165, 1.54) is 0 Å². The summed E-state index contributed by atoms with van der Waals surface area (Å²) in [6.45, 7) is 7.70. The fourth-order valence-corrected chi connectivity index (χ4v) is 5.13. The summed E-state index contributed by atoms with van der Waals surface area (Å²) in [5.41, 5.74) is 0. The lowest BCUT2D eigenvalue weighted by molar-refractivity contribution is 0.313. The van der Waals surface area contributed by atoms with Crippen molar-refractivity contribution in [2.75, 3.05) is 26.2 Å². The predicted molar refractivity (Wildman–Crippen MR) is 90.5 cm³/mol. The third-order valence-electron chi connectivity index (χ3n) is 3.46. The van der Waals surface area contributed by atoms with E-state index >= 15 is 0 Å². The summed E-state index contributed by atoms with van der Waals surface area (Å²) in [7, 11) is -2.51. The summed E-state index contributed by atoms with van der Waals surface area (Å²) in [6.07, 6.45) is 0. The number of hydrogen-bond donors (Lipinski definition) is 0. The molecular weight excluding hydrogens is 300 g/mol. The Bertz CT molecular complexity index is 640. The Morgan fingerprint density at radius 3 is 2.38 bits per heavy atom. The topological polar surface area (TPSA) is 32.7 Å². The summed E-state index contributed by atoms with van der Waals surface area (Å²) in [5.74, 6) is 0. The van der Waals surface area contributed by atoms with Crippen molar-refractivity contribution in [3.63, 3.8) is 0 Å². The fourth-order valence-electron chi connectivity index (χ4n) is 2.15. The fraction of sp³-hybridized carbons (Fsp3) is 0.375. The minimum absolute atomic E-state index is 0.589. The molecule has 0 saturated heterocycles. The van der Waals surface area contributed by atoms with Crippen molar-refractivity contribution in [3.05, 3.63) is 47.2 Å². The minimum atomic E-state index is -2.51. The van der Waals surface area contributed by atoms with Gasteiger partial charge in [0.05, 0.1) is 16.3 Å². The molecule has 0 spiro atoms. The first-order valence-corrected chi connectivity index (χ1v) is 9.69. The Balaban J connectivity index is 2.32. The summed E-state index contributed by atoms with van der Waals surface area (Å²) in [6, 6.07) is 11.5. The van der Waals surface area contributed by atoms with Gasteiger partial charge in [0.25, 0.3) is 0 Å². The third-order valence-corrected chi connectivity index (χ3v) is 6.64. The van der Waals surface area contributed by atoms with Crippen molar-refractivity contribution in [3.8, 4) is 0 Å². The van der Waals surface area contributed by atoms with Gasteiger partial charge < -0.3 is 4.90 Å². The van der Waals surface area contributed by atoms with Gasteiger partial charge in [-0.15, -0.1) is 0 Å². The summed E-state index contributed by atoms with van der Waals surface area (Å²) in [4.78, 5) is 3.91. The van der Waals surface area contributed by atoms with Gasteiger partial charge in [0.1, 0.15) is 9.73 Å². The maximum absolute atomic E-state index is 13.4. The molecule has 1 aromatic heterocycles. The molecule has 0 aliphatic heterocycles. The van der Waals surface area contributed by atoms with Crippen LogP contribution < -0.4 is 0 Å². The van der Waals surface area contributed by atoms with E-state index in [0.717, 1.165) is 29.4 Å². The molecule has 2 rings (SSSR count). The molecule has 1 aromatic carbocycles. The first-order valence-electron chi connectivity index (χ1n) is 7.23. The van der Waals surface area contributed by atoms with Gasteiger partial charge in [0.15, 0.2) is 0 Å². The van der Waals surface area contributed by atoms with Crippen molar-refractivity contribution >= 4 is 21.1 Å². The van der Waals surface area contributed by atoms with E-state index in [-0.39, 0.29) is 0 Å². The highest BCUT2D eigenvalue weighted by Gasteiger charge is 2.15. The highest BCUT2D eigenvalue weighted by atomic mass is 32.2. The van der Waals surface area contributed by atoms with Crippen molar-refractivity contribution in [2.24, 2.45) is 4.36 Å². The molecule has 5 heteroatoms. The first-order chi connectivity index (χ1) is 10.2. The molecule has 0 amide bonds. The van der Waals surface area contributed by atoms with E-state index in [1.807, 2.05) is 47.2 Å². The van der Waals surface area contributed by atoms with Crippen LogP contribution in [-0.2, 0) is 9.73 Å². The van der Waals surface area contributed by atoms with Crippen LogP contribution in [0.25, 0.3) is 0 Å². The number of rotatable bonds is 7. The Labute approximate surface area is 131 Å². The largest absolute Gasteiger partial charge is 0.302 e. The van der Waals surface area contributed by atoms with E-state index in [0.29, 0.717) is 6.54 Å². The maximum atomic E-state index is 13.4. The molecule has 0 radical (unpaired) electrons. The van der Waals surface area contributed by atoms with Crippen LogP contribution >= 0.6 is 11.3 Å². The molecule has 0 fully saturated rings. The van der Waals surface area contributed by atoms with Gasteiger partial charge in [0.2, 0.25) is 0 Å². The Hall–Kier alpha value is -1.17. The van der Waals surface area contributed by atoms with Gasteiger partial charge in [-0.1, -0.05) is 32.0 Å². The molecule has 3 nitrogen and oxygen atoms in total. The molecule has 21 heavy (non-hydrogen) atoms. The average molecular weight is 322 g/mol. The van der Waals surface area contributed by atoms with E-state index in [2.05, 4.69) is 23.1 Å². The molecule has 1 unspecified atom stereocenters. The zero-order chi connectivity index (χ0) is 15.1. The average Bonchev–Trinajstić information content (AvgIpc) is 3.07. The highest BCUT2D eigenvalue weighted by molar-refractivity contribution is 7.93. The van der Waals surface area contributed by atoms with E-state index in [9.17, 15) is 4.21 Å². The summed E-state index contributed by atoms with van der Waals surface area (Å²) in [5, 5.41) is 3.90. The Kier molecular flexibility index (Phi) is 5.96. The lowest BCUT2D eigenvalue weighted by atomic mass is 10.4. The molecule has 1 heterocycles. The quantitative estimate of drug-likeness (QED) is 0.772. The smallest absolute Gasteiger partial charge is 0.105 e. The van der Waals surface area contributed by atoms with Gasteiger partial charge >= 0.3 is 0 Å². The molecule has 114 valence electrons. The van der Waals surface area contributed by atoms with Crippen molar-refractivity contribution in [2.45, 2.75) is 23.6 Å². The van der Waals surface area contributed by atoms with Crippen LogP contribution in [0.1, 0.15) is 13.8 Å². The maximum Gasteiger partial charge on any atom is 0.105 e. The standard InChI is InChI=1S/C16H22N2OS2/c1-3-18(4-2)12-11-17-21(19,16-10-13-20-14-16)15-8-6-5-7-9-15/h5-10,13-14H,3-4,11-12H2,1-2H3. The van der Waals surface area contributed by atoms with Crippen molar-refractivity contribution in [1.82, 2.24) is 4.90 Å². The van der Waals surface area contributed by atoms with Crippen molar-refractivity contribution < 1.29 is 4.21 Å². The second-order valence-corrected chi connectivity index (χ2v) is 7.71. The van der Waals surface area contributed by atoms with Crippen LogP contribution in [0.5, 0.6) is 0 Å². The summed E-state index contributed by atoms with van der Waals surface area (Å²) < 4.78 is 18.0. The van der Waals surface area contributed by atoms with Crippen LogP contribution in [-0.4, -0.2) is 35.3 Å². The van der Waals surface area contributed by atoms with Gasteiger partial charge in [-0.2, -0.15) is 11.3 Å². The number of hydrogen-bond acceptors (Lipinski definition) is 4. The number of thiophene rings is 1. The molecule has 2 aromatic rings. The molecule has 0 aliphatic rings. The number of nitrogens with zero attached hydrogens (tertiary/aromatic N) is 2. The molecule has 0 saturated carbocycles. The SMILES string of the molecule is CCN(CC)CCN=S(=O)(c1ccccc1)c1ccsc1. The highest BCUT2D eigenvalue weighted by Crippen LogP contribution is 2.25. The third kappa shape index (κ3) is 3.93. The molecule has 1 atom stereocenters. The van der Waals surface area contributed by atoms with Crippen LogP contribution in [0.15, 0.2) is 61.3 Å². The molecule has 0 bridgehead atoms.